The maximum Gasteiger partial charge on any atom is 0.295 e. The van der Waals surface area contributed by atoms with Crippen molar-refractivity contribution in [2.24, 2.45) is 0 Å². The average molecular weight is 246 g/mol. The first-order chi connectivity index (χ1) is 6.13. The fourth-order valence-electron chi connectivity index (χ4n) is 0.924. The summed E-state index contributed by atoms with van der Waals surface area (Å²) in [5.41, 5.74) is 0.529. The van der Waals surface area contributed by atoms with Crippen LogP contribution in [0.25, 0.3) is 0 Å². The quantitative estimate of drug-likeness (QED) is 0.382. The van der Waals surface area contributed by atoms with E-state index in [1.165, 1.54) is 0 Å². The van der Waals surface area contributed by atoms with Gasteiger partial charge in [-0.15, -0.1) is 0 Å². The van der Waals surface area contributed by atoms with Gasteiger partial charge >= 0.3 is 0 Å². The molecule has 0 fully saturated rings. The Kier molecular flexibility index (Phi) is 3.39. The molecule has 70 valence electrons. The third kappa shape index (κ3) is 2.50. The van der Waals surface area contributed by atoms with Crippen LogP contribution in [-0.2, 0) is 0 Å². The molecule has 0 aromatic heterocycles. The second kappa shape index (κ2) is 4.34. The van der Waals surface area contributed by atoms with Crippen molar-refractivity contribution >= 4 is 15.9 Å². The van der Waals surface area contributed by atoms with Crippen LogP contribution in [0, 0.1) is 10.1 Å². The predicted molar refractivity (Wildman–Crippen MR) is 51.1 cm³/mol. The van der Waals surface area contributed by atoms with Gasteiger partial charge in [0.15, 0.2) is 6.10 Å². The van der Waals surface area contributed by atoms with E-state index in [2.05, 4.69) is 15.9 Å². The van der Waals surface area contributed by atoms with Crippen LogP contribution in [0.3, 0.4) is 0 Å². The van der Waals surface area contributed by atoms with Gasteiger partial charge in [0.05, 0.1) is 0 Å². The predicted octanol–water partition coefficient (Wildman–Crippen LogP) is 1.72. The molecule has 1 aromatic rings. The Bertz CT molecular complexity index is 291. The van der Waals surface area contributed by atoms with Gasteiger partial charge in [0.1, 0.15) is 0 Å². The van der Waals surface area contributed by atoms with Crippen molar-refractivity contribution in [3.05, 3.63) is 46.0 Å². The largest absolute Gasteiger partial charge is 0.380 e. The average Bonchev–Trinajstić information content (AvgIpc) is 2.17. The molecule has 1 N–H and O–H groups in total. The van der Waals surface area contributed by atoms with Crippen molar-refractivity contribution in [1.82, 2.24) is 0 Å². The van der Waals surface area contributed by atoms with Gasteiger partial charge in [-0.05, 0) is 21.5 Å². The molecule has 0 aliphatic carbocycles. The van der Waals surface area contributed by atoms with Gasteiger partial charge in [-0.3, -0.25) is 10.1 Å². The first kappa shape index (κ1) is 10.1. The number of rotatable bonds is 3. The van der Waals surface area contributed by atoms with Crippen LogP contribution in [0.4, 0.5) is 0 Å². The van der Waals surface area contributed by atoms with Gasteiger partial charge < -0.3 is 5.11 Å². The van der Waals surface area contributed by atoms with E-state index in [1.54, 1.807) is 30.3 Å². The van der Waals surface area contributed by atoms with E-state index in [0.717, 1.165) is 0 Å². The molecule has 4 nitrogen and oxygen atoms in total. The molecule has 0 spiro atoms. The van der Waals surface area contributed by atoms with Crippen LogP contribution in [0.15, 0.2) is 30.3 Å². The fraction of sp³-hybridized carbons (Fsp3) is 0.250. The lowest BCUT2D eigenvalue weighted by Crippen LogP contribution is -2.20. The zero-order chi connectivity index (χ0) is 9.84. The molecule has 0 aliphatic rings. The number of hydrogen-bond acceptors (Lipinski definition) is 3. The molecular weight excluding hydrogens is 238 g/mol. The number of aliphatic hydroxyl groups is 1. The molecule has 0 heterocycles. The normalized spacial score (nSPS) is 14.9. The van der Waals surface area contributed by atoms with Crippen molar-refractivity contribution in [3.63, 3.8) is 0 Å². The van der Waals surface area contributed by atoms with Crippen LogP contribution >= 0.6 is 15.9 Å². The standard InChI is InChI=1S/C8H8BrNO3/c9-8(10(12)13)7(11)6-4-2-1-3-5-6/h1-5,7-8,11H/t7-,8+/m0/s1. The molecular formula is C8H8BrNO3. The Hall–Kier alpha value is -0.940. The Labute approximate surface area is 83.5 Å². The summed E-state index contributed by atoms with van der Waals surface area (Å²) in [6.07, 6.45) is -1.11. The van der Waals surface area contributed by atoms with Gasteiger partial charge in [0.25, 0.3) is 4.95 Å². The molecule has 0 unspecified atom stereocenters. The summed E-state index contributed by atoms with van der Waals surface area (Å²) in [6.45, 7) is 0. The number of nitrogens with zero attached hydrogens (tertiary/aromatic N) is 1. The lowest BCUT2D eigenvalue weighted by atomic mass is 10.1. The molecule has 0 aliphatic heterocycles. The number of benzene rings is 1. The van der Waals surface area contributed by atoms with Gasteiger partial charge in [-0.2, -0.15) is 0 Å². The molecule has 2 atom stereocenters. The number of aliphatic hydroxyl groups excluding tert-OH is 1. The van der Waals surface area contributed by atoms with E-state index in [4.69, 9.17) is 0 Å². The lowest BCUT2D eigenvalue weighted by Gasteiger charge is -2.10. The van der Waals surface area contributed by atoms with Gasteiger partial charge in [-0.1, -0.05) is 30.3 Å². The highest BCUT2D eigenvalue weighted by Gasteiger charge is 2.27. The molecule has 0 saturated heterocycles. The zero-order valence-electron chi connectivity index (χ0n) is 6.63. The van der Waals surface area contributed by atoms with E-state index < -0.39 is 16.0 Å². The smallest absolute Gasteiger partial charge is 0.295 e. The Morgan fingerprint density at radius 2 is 1.92 bits per heavy atom. The monoisotopic (exact) mass is 245 g/mol. The van der Waals surface area contributed by atoms with Crippen molar-refractivity contribution in [2.45, 2.75) is 11.1 Å². The van der Waals surface area contributed by atoms with Crippen LogP contribution in [0.5, 0.6) is 0 Å². The molecule has 0 saturated carbocycles. The first-order valence-electron chi connectivity index (χ1n) is 3.63. The summed E-state index contributed by atoms with van der Waals surface area (Å²) in [5.74, 6) is 0. The van der Waals surface area contributed by atoms with Gasteiger partial charge in [0.2, 0.25) is 0 Å². The third-order valence-corrected chi connectivity index (χ3v) is 2.44. The minimum Gasteiger partial charge on any atom is -0.380 e. The van der Waals surface area contributed by atoms with Crippen molar-refractivity contribution in [3.8, 4) is 0 Å². The molecule has 0 bridgehead atoms. The SMILES string of the molecule is O=[N+]([O-])[C@@H](Br)[C@@H](O)c1ccccc1. The van der Waals surface area contributed by atoms with Crippen LogP contribution in [0.2, 0.25) is 0 Å². The van der Waals surface area contributed by atoms with Crippen LogP contribution in [0.1, 0.15) is 11.7 Å². The highest BCUT2D eigenvalue weighted by atomic mass is 79.9. The highest BCUT2D eigenvalue weighted by Crippen LogP contribution is 2.22. The number of nitro groups is 1. The van der Waals surface area contributed by atoms with Crippen LogP contribution < -0.4 is 0 Å². The fourth-order valence-corrected chi connectivity index (χ4v) is 1.23. The molecule has 0 radical (unpaired) electrons. The topological polar surface area (TPSA) is 63.4 Å². The van der Waals surface area contributed by atoms with Gasteiger partial charge in [0, 0.05) is 4.92 Å². The summed E-state index contributed by atoms with van der Waals surface area (Å²) in [6, 6.07) is 8.51. The maximum absolute atomic E-state index is 10.3. The minimum atomic E-state index is -1.16. The summed E-state index contributed by atoms with van der Waals surface area (Å²) in [4.78, 5) is 8.58. The van der Waals surface area contributed by atoms with E-state index in [1.807, 2.05) is 0 Å². The first-order valence-corrected chi connectivity index (χ1v) is 4.55. The van der Waals surface area contributed by atoms with E-state index in [0.29, 0.717) is 5.56 Å². The van der Waals surface area contributed by atoms with Gasteiger partial charge in [-0.25, -0.2) is 0 Å². The molecule has 0 amide bonds. The maximum atomic E-state index is 10.3. The van der Waals surface area contributed by atoms with E-state index in [-0.39, 0.29) is 0 Å². The molecule has 5 heteroatoms. The second-order valence-corrected chi connectivity index (χ2v) is 3.45. The molecule has 1 aromatic carbocycles. The number of hydrogen-bond donors (Lipinski definition) is 1. The molecule has 13 heavy (non-hydrogen) atoms. The summed E-state index contributed by atoms with van der Waals surface area (Å²) in [7, 11) is 0. The Morgan fingerprint density at radius 3 is 2.38 bits per heavy atom. The molecule has 1 rings (SSSR count). The third-order valence-electron chi connectivity index (χ3n) is 1.60. The Balaban J connectivity index is 2.79. The van der Waals surface area contributed by atoms with E-state index in [9.17, 15) is 15.2 Å². The summed E-state index contributed by atoms with van der Waals surface area (Å²) >= 11 is 2.80. The summed E-state index contributed by atoms with van der Waals surface area (Å²) < 4.78 is 0. The van der Waals surface area contributed by atoms with Crippen LogP contribution in [-0.4, -0.2) is 15.0 Å². The summed E-state index contributed by atoms with van der Waals surface area (Å²) in [5, 5.41) is 19.8. The lowest BCUT2D eigenvalue weighted by molar-refractivity contribution is -0.505. The highest BCUT2D eigenvalue weighted by molar-refractivity contribution is 9.09. The number of halogens is 1. The van der Waals surface area contributed by atoms with E-state index >= 15 is 0 Å². The van der Waals surface area contributed by atoms with Crippen molar-refractivity contribution < 1.29 is 10.0 Å². The van der Waals surface area contributed by atoms with Crippen molar-refractivity contribution in [1.29, 1.82) is 0 Å². The second-order valence-electron chi connectivity index (χ2n) is 2.51. The Morgan fingerprint density at radius 1 is 1.38 bits per heavy atom. The number of alkyl halides is 1. The zero-order valence-corrected chi connectivity index (χ0v) is 8.22. The van der Waals surface area contributed by atoms with Crippen molar-refractivity contribution in [2.75, 3.05) is 0 Å². The minimum absolute atomic E-state index is 0.529.